The van der Waals surface area contributed by atoms with Gasteiger partial charge in [0.05, 0.1) is 21.8 Å². The lowest BCUT2D eigenvalue weighted by Crippen LogP contribution is -2.22. The van der Waals surface area contributed by atoms with Crippen molar-refractivity contribution in [1.82, 2.24) is 0 Å². The van der Waals surface area contributed by atoms with Gasteiger partial charge >= 0.3 is 0 Å². The monoisotopic (exact) mass is 290 g/mol. The van der Waals surface area contributed by atoms with Crippen molar-refractivity contribution in [2.75, 3.05) is 6.61 Å². The summed E-state index contributed by atoms with van der Waals surface area (Å²) in [6.45, 7) is 6.96. The molecule has 3 nitrogen and oxygen atoms in total. The number of hydrogen-bond donors (Lipinski definition) is 1. The molecule has 5 heteroatoms. The van der Waals surface area contributed by atoms with Crippen LogP contribution < -0.4 is 0 Å². The van der Waals surface area contributed by atoms with Gasteiger partial charge < -0.3 is 5.11 Å². The Morgan fingerprint density at radius 3 is 2.28 bits per heavy atom. The van der Waals surface area contributed by atoms with Crippen LogP contribution in [0.5, 0.6) is 0 Å². The fourth-order valence-electron chi connectivity index (χ4n) is 1.50. The van der Waals surface area contributed by atoms with Crippen molar-refractivity contribution in [3.05, 3.63) is 28.8 Å². The molecule has 0 fully saturated rings. The van der Waals surface area contributed by atoms with Crippen molar-refractivity contribution >= 4 is 21.4 Å². The molecule has 0 aliphatic rings. The molecule has 1 rings (SSSR count). The minimum Gasteiger partial charge on any atom is -0.395 e. The van der Waals surface area contributed by atoms with Crippen molar-refractivity contribution < 1.29 is 13.5 Å². The number of sulfone groups is 1. The molecule has 0 aliphatic heterocycles. The number of halogens is 1. The highest BCUT2D eigenvalue weighted by Gasteiger charge is 2.25. The van der Waals surface area contributed by atoms with Crippen molar-refractivity contribution in [2.24, 2.45) is 0 Å². The molecule has 0 amide bonds. The van der Waals surface area contributed by atoms with E-state index in [1.54, 1.807) is 26.0 Å². The number of aliphatic hydroxyl groups excluding tert-OH is 1. The highest BCUT2D eigenvalue weighted by molar-refractivity contribution is 7.92. The first-order chi connectivity index (χ1) is 8.13. The van der Waals surface area contributed by atoms with Gasteiger partial charge in [0.15, 0.2) is 9.84 Å². The van der Waals surface area contributed by atoms with Crippen LogP contribution in [0, 0.1) is 0 Å². The molecule has 0 bridgehead atoms. The van der Waals surface area contributed by atoms with Gasteiger partial charge in [0.2, 0.25) is 0 Å². The fraction of sp³-hybridized carbons (Fsp3) is 0.538. The lowest BCUT2D eigenvalue weighted by Gasteiger charge is -2.23. The van der Waals surface area contributed by atoms with Gasteiger partial charge in [-0.1, -0.05) is 31.5 Å². The van der Waals surface area contributed by atoms with Crippen LogP contribution in [0.3, 0.4) is 0 Å². The Labute approximate surface area is 114 Å². The minimum atomic E-state index is -3.37. The zero-order valence-electron chi connectivity index (χ0n) is 11.1. The van der Waals surface area contributed by atoms with Crippen LogP contribution in [0.25, 0.3) is 0 Å². The van der Waals surface area contributed by atoms with Gasteiger partial charge in [0, 0.05) is 5.41 Å². The molecule has 0 aromatic heterocycles. The second-order valence-corrected chi connectivity index (χ2v) is 8.16. The van der Waals surface area contributed by atoms with Crippen LogP contribution in [0.4, 0.5) is 0 Å². The zero-order valence-corrected chi connectivity index (χ0v) is 12.6. The van der Waals surface area contributed by atoms with Gasteiger partial charge in [0.25, 0.3) is 0 Å². The summed E-state index contributed by atoms with van der Waals surface area (Å²) >= 11 is 6.06. The van der Waals surface area contributed by atoms with Crippen molar-refractivity contribution in [3.8, 4) is 0 Å². The summed E-state index contributed by atoms with van der Waals surface area (Å²) in [5.74, 6) is 0. The Kier molecular flexibility index (Phi) is 4.47. The van der Waals surface area contributed by atoms with Gasteiger partial charge in [0.1, 0.15) is 0 Å². The van der Waals surface area contributed by atoms with Crippen LogP contribution in [-0.2, 0) is 15.3 Å². The maximum Gasteiger partial charge on any atom is 0.182 e. The zero-order chi connectivity index (χ0) is 14.1. The fourth-order valence-corrected chi connectivity index (χ4v) is 3.10. The molecule has 0 atom stereocenters. The molecular weight excluding hydrogens is 272 g/mol. The SMILES string of the molecule is CC(C)S(=O)(=O)c1ccc(C(C)(C)CO)cc1Cl. The third-order valence-corrected chi connectivity index (χ3v) is 5.67. The standard InChI is InChI=1S/C13H19ClO3S/c1-9(2)18(16,17)12-6-5-10(7-11(12)14)13(3,4)8-15/h5-7,9,15H,8H2,1-4H3. The summed E-state index contributed by atoms with van der Waals surface area (Å²) in [4.78, 5) is 0.150. The van der Waals surface area contributed by atoms with Gasteiger partial charge in [-0.25, -0.2) is 8.42 Å². The number of rotatable bonds is 4. The number of aliphatic hydroxyl groups is 1. The van der Waals surface area contributed by atoms with Crippen LogP contribution >= 0.6 is 11.6 Å². The van der Waals surface area contributed by atoms with E-state index < -0.39 is 20.5 Å². The smallest absolute Gasteiger partial charge is 0.182 e. The number of benzene rings is 1. The van der Waals surface area contributed by atoms with Crippen molar-refractivity contribution in [1.29, 1.82) is 0 Å². The van der Waals surface area contributed by atoms with E-state index in [0.717, 1.165) is 5.56 Å². The largest absolute Gasteiger partial charge is 0.395 e. The molecule has 0 saturated carbocycles. The summed E-state index contributed by atoms with van der Waals surface area (Å²) in [5.41, 5.74) is 0.377. The molecule has 0 aliphatic carbocycles. The molecule has 0 unspecified atom stereocenters. The van der Waals surface area contributed by atoms with Crippen LogP contribution in [0.1, 0.15) is 33.3 Å². The molecule has 0 spiro atoms. The normalized spacial score (nSPS) is 13.1. The molecule has 1 aromatic rings. The van der Waals surface area contributed by atoms with E-state index >= 15 is 0 Å². The van der Waals surface area contributed by atoms with Gasteiger partial charge in [-0.3, -0.25) is 0 Å². The van der Waals surface area contributed by atoms with Crippen LogP contribution in [0.2, 0.25) is 5.02 Å². The molecule has 1 aromatic carbocycles. The summed E-state index contributed by atoms with van der Waals surface area (Å²) in [7, 11) is -3.37. The predicted octanol–water partition coefficient (Wildman–Crippen LogP) is 2.79. The summed E-state index contributed by atoms with van der Waals surface area (Å²) in [6.07, 6.45) is 0. The lowest BCUT2D eigenvalue weighted by molar-refractivity contribution is 0.218. The van der Waals surface area contributed by atoms with E-state index in [0.29, 0.717) is 0 Å². The molecular formula is C13H19ClO3S. The summed E-state index contributed by atoms with van der Waals surface area (Å²) in [6, 6.07) is 4.84. The van der Waals surface area contributed by atoms with Gasteiger partial charge in [-0.15, -0.1) is 0 Å². The Balaban J connectivity index is 3.33. The van der Waals surface area contributed by atoms with E-state index in [-0.39, 0.29) is 16.5 Å². The maximum absolute atomic E-state index is 12.0. The average molecular weight is 291 g/mol. The summed E-state index contributed by atoms with van der Waals surface area (Å²) in [5, 5.41) is 9.00. The molecule has 18 heavy (non-hydrogen) atoms. The van der Waals surface area contributed by atoms with Crippen molar-refractivity contribution in [3.63, 3.8) is 0 Å². The maximum atomic E-state index is 12.0. The van der Waals surface area contributed by atoms with Crippen molar-refractivity contribution in [2.45, 2.75) is 43.3 Å². The quantitative estimate of drug-likeness (QED) is 0.928. The Morgan fingerprint density at radius 1 is 1.33 bits per heavy atom. The van der Waals surface area contributed by atoms with E-state index in [9.17, 15) is 13.5 Å². The third-order valence-electron chi connectivity index (χ3n) is 3.04. The van der Waals surface area contributed by atoms with E-state index in [1.165, 1.54) is 6.07 Å². The molecule has 102 valence electrons. The summed E-state index contributed by atoms with van der Waals surface area (Å²) < 4.78 is 24.1. The molecule has 0 saturated heterocycles. The van der Waals surface area contributed by atoms with Crippen LogP contribution in [0.15, 0.2) is 23.1 Å². The first kappa shape index (κ1) is 15.5. The Bertz CT molecular complexity index is 533. The minimum absolute atomic E-state index is 0.0282. The van der Waals surface area contributed by atoms with Gasteiger partial charge in [-0.05, 0) is 31.5 Å². The Hall–Kier alpha value is -0.580. The van der Waals surface area contributed by atoms with Crippen LogP contribution in [-0.4, -0.2) is 25.4 Å². The Morgan fingerprint density at radius 2 is 1.89 bits per heavy atom. The predicted molar refractivity (Wildman–Crippen MR) is 73.9 cm³/mol. The second-order valence-electron chi connectivity index (χ2n) is 5.28. The third kappa shape index (κ3) is 2.87. The average Bonchev–Trinajstić information content (AvgIpc) is 2.28. The van der Waals surface area contributed by atoms with Gasteiger partial charge in [-0.2, -0.15) is 0 Å². The second kappa shape index (κ2) is 5.19. The van der Waals surface area contributed by atoms with E-state index in [2.05, 4.69) is 0 Å². The molecule has 0 radical (unpaired) electrons. The first-order valence-corrected chi connectivity index (χ1v) is 7.70. The van der Waals surface area contributed by atoms with E-state index in [1.807, 2.05) is 13.8 Å². The molecule has 0 heterocycles. The lowest BCUT2D eigenvalue weighted by atomic mass is 9.86. The first-order valence-electron chi connectivity index (χ1n) is 5.77. The number of hydrogen-bond acceptors (Lipinski definition) is 3. The topological polar surface area (TPSA) is 54.4 Å². The highest BCUT2D eigenvalue weighted by Crippen LogP contribution is 2.31. The molecule has 1 N–H and O–H groups in total. The highest BCUT2D eigenvalue weighted by atomic mass is 35.5. The van der Waals surface area contributed by atoms with E-state index in [4.69, 9.17) is 11.6 Å².